The minimum atomic E-state index is -0.599. The number of imide groups is 1. The molecule has 1 heterocycles. The molecule has 0 saturated carbocycles. The van der Waals surface area contributed by atoms with Crippen LogP contribution < -0.4 is 10.6 Å². The van der Waals surface area contributed by atoms with Crippen LogP contribution in [0.1, 0.15) is 25.7 Å². The van der Waals surface area contributed by atoms with Gasteiger partial charge < -0.3 is 29.6 Å². The van der Waals surface area contributed by atoms with Crippen molar-refractivity contribution < 1.29 is 38.2 Å². The standard InChI is InChI=1S/C19H30BN3O8/c20-15(24)14-30-11-8-22-19(28)31-13-12-29-10-7-21-16(25)4-2-1-3-9-23-17(26)5-6-18(23)27/h5-6H,1-4,7-14,20H2,(H,21,25)(H,22,28). The summed E-state index contributed by atoms with van der Waals surface area (Å²) < 4.78 is 15.1. The molecule has 0 fully saturated rings. The molecule has 0 atom stereocenters. The van der Waals surface area contributed by atoms with Crippen molar-refractivity contribution in [2.45, 2.75) is 25.7 Å². The van der Waals surface area contributed by atoms with Crippen molar-refractivity contribution in [2.75, 3.05) is 52.7 Å². The zero-order valence-corrected chi connectivity index (χ0v) is 17.9. The first kappa shape index (κ1) is 26.3. The molecular weight excluding hydrogens is 409 g/mol. The van der Waals surface area contributed by atoms with E-state index in [2.05, 4.69) is 10.6 Å². The van der Waals surface area contributed by atoms with E-state index in [0.29, 0.717) is 39.0 Å². The number of nitrogens with zero attached hydrogens (tertiary/aromatic N) is 1. The van der Waals surface area contributed by atoms with Crippen LogP contribution in [0.15, 0.2) is 12.2 Å². The van der Waals surface area contributed by atoms with Crippen molar-refractivity contribution in [1.29, 1.82) is 0 Å². The van der Waals surface area contributed by atoms with Crippen molar-refractivity contribution in [3.63, 3.8) is 0 Å². The highest BCUT2D eigenvalue weighted by Gasteiger charge is 2.22. The lowest BCUT2D eigenvalue weighted by atomic mass is 10.1. The Morgan fingerprint density at radius 3 is 2.26 bits per heavy atom. The van der Waals surface area contributed by atoms with Gasteiger partial charge in [-0.25, -0.2) is 4.79 Å². The van der Waals surface area contributed by atoms with E-state index in [-0.39, 0.29) is 56.4 Å². The van der Waals surface area contributed by atoms with Gasteiger partial charge in [-0.3, -0.25) is 19.3 Å². The number of carbonyl (C=O) groups is 5. The number of unbranched alkanes of at least 4 members (excludes halogenated alkanes) is 2. The zero-order chi connectivity index (χ0) is 22.9. The van der Waals surface area contributed by atoms with Crippen LogP contribution in [0.2, 0.25) is 0 Å². The summed E-state index contributed by atoms with van der Waals surface area (Å²) in [6.45, 7) is 1.77. The average Bonchev–Trinajstić information content (AvgIpc) is 3.04. The van der Waals surface area contributed by atoms with E-state index in [1.807, 2.05) is 0 Å². The highest BCUT2D eigenvalue weighted by atomic mass is 16.6. The van der Waals surface area contributed by atoms with Crippen molar-refractivity contribution in [1.82, 2.24) is 15.5 Å². The molecule has 1 aliphatic rings. The summed E-state index contributed by atoms with van der Waals surface area (Å²) in [5, 5.41) is 5.20. The van der Waals surface area contributed by atoms with E-state index in [1.54, 1.807) is 0 Å². The highest BCUT2D eigenvalue weighted by molar-refractivity contribution is 6.58. The first-order valence-corrected chi connectivity index (χ1v) is 10.3. The fourth-order valence-corrected chi connectivity index (χ4v) is 2.52. The number of nitrogens with one attached hydrogen (secondary N) is 2. The molecule has 0 bridgehead atoms. The van der Waals surface area contributed by atoms with Crippen LogP contribution in [-0.2, 0) is 33.4 Å². The van der Waals surface area contributed by atoms with Crippen molar-refractivity contribution in [2.24, 2.45) is 0 Å². The molecular formula is C19H30BN3O8. The van der Waals surface area contributed by atoms with Crippen molar-refractivity contribution in [3.8, 4) is 0 Å². The number of hydrogen-bond acceptors (Lipinski definition) is 8. The molecule has 0 aromatic carbocycles. The topological polar surface area (TPSA) is 140 Å². The Morgan fingerprint density at radius 2 is 1.55 bits per heavy atom. The summed E-state index contributed by atoms with van der Waals surface area (Å²) >= 11 is 0. The normalized spacial score (nSPS) is 12.8. The van der Waals surface area contributed by atoms with Gasteiger partial charge in [-0.1, -0.05) is 6.42 Å². The Bertz CT molecular complexity index is 638. The summed E-state index contributed by atoms with van der Waals surface area (Å²) in [6.07, 6.45) is 4.35. The third-order valence-electron chi connectivity index (χ3n) is 4.04. The fourth-order valence-electron chi connectivity index (χ4n) is 2.52. The predicted molar refractivity (Wildman–Crippen MR) is 112 cm³/mol. The summed E-state index contributed by atoms with van der Waals surface area (Å²) in [6, 6.07) is 0. The number of hydrogen-bond donors (Lipinski definition) is 2. The molecule has 11 nitrogen and oxygen atoms in total. The number of ether oxygens (including phenoxy) is 3. The van der Waals surface area contributed by atoms with Gasteiger partial charge in [0.25, 0.3) is 11.8 Å². The van der Waals surface area contributed by atoms with Gasteiger partial charge in [-0.2, -0.15) is 0 Å². The summed E-state index contributed by atoms with van der Waals surface area (Å²) in [7, 11) is 1.42. The van der Waals surface area contributed by atoms with Gasteiger partial charge in [-0.05, 0) is 12.8 Å². The largest absolute Gasteiger partial charge is 0.447 e. The second-order valence-corrected chi connectivity index (χ2v) is 6.75. The molecule has 0 aromatic heterocycles. The summed E-state index contributed by atoms with van der Waals surface area (Å²) in [5.41, 5.74) is -0.0840. The van der Waals surface area contributed by atoms with E-state index in [0.717, 1.165) is 6.42 Å². The molecule has 1 rings (SSSR count). The maximum absolute atomic E-state index is 11.7. The Morgan fingerprint density at radius 1 is 0.871 bits per heavy atom. The number of alkyl carbamates (subject to hydrolysis) is 1. The number of amides is 4. The minimum absolute atomic E-state index is 0.0160. The smallest absolute Gasteiger partial charge is 0.407 e. The van der Waals surface area contributed by atoms with E-state index in [9.17, 15) is 24.0 Å². The molecule has 0 aliphatic carbocycles. The molecule has 12 heteroatoms. The van der Waals surface area contributed by atoms with Gasteiger partial charge in [0, 0.05) is 38.2 Å². The van der Waals surface area contributed by atoms with Gasteiger partial charge in [0.1, 0.15) is 12.3 Å². The summed E-state index contributed by atoms with van der Waals surface area (Å²) in [5.74, 6) is -0.671. The Labute approximate surface area is 182 Å². The molecule has 0 radical (unpaired) electrons. The third-order valence-corrected chi connectivity index (χ3v) is 4.04. The maximum Gasteiger partial charge on any atom is 0.407 e. The molecule has 2 N–H and O–H groups in total. The fraction of sp³-hybridized carbons (Fsp3) is 0.632. The second-order valence-electron chi connectivity index (χ2n) is 6.75. The summed E-state index contributed by atoms with van der Waals surface area (Å²) in [4.78, 5) is 57.7. The van der Waals surface area contributed by atoms with E-state index in [1.165, 1.54) is 24.9 Å². The lowest BCUT2D eigenvalue weighted by Gasteiger charge is -2.13. The van der Waals surface area contributed by atoms with Gasteiger partial charge >= 0.3 is 6.09 Å². The molecule has 4 amide bonds. The molecule has 31 heavy (non-hydrogen) atoms. The van der Waals surface area contributed by atoms with Crippen molar-refractivity contribution in [3.05, 3.63) is 12.2 Å². The molecule has 0 unspecified atom stereocenters. The van der Waals surface area contributed by atoms with Crippen LogP contribution in [0.5, 0.6) is 0 Å². The minimum Gasteiger partial charge on any atom is -0.447 e. The van der Waals surface area contributed by atoms with Gasteiger partial charge in [0.15, 0.2) is 7.85 Å². The van der Waals surface area contributed by atoms with Crippen molar-refractivity contribution >= 4 is 37.3 Å². The maximum atomic E-state index is 11.7. The van der Waals surface area contributed by atoms with Crippen LogP contribution in [0, 0.1) is 0 Å². The Balaban J connectivity index is 1.86. The first-order valence-electron chi connectivity index (χ1n) is 10.3. The SMILES string of the molecule is BC(=O)COCCNC(=O)OCCOCCNC(=O)CCCCCN1C(=O)C=CC1=O. The zero-order valence-electron chi connectivity index (χ0n) is 17.9. The third kappa shape index (κ3) is 13.2. The molecule has 172 valence electrons. The lowest BCUT2D eigenvalue weighted by Crippen LogP contribution is -2.31. The molecule has 0 aromatic rings. The second kappa shape index (κ2) is 16.0. The van der Waals surface area contributed by atoms with E-state index in [4.69, 9.17) is 14.2 Å². The van der Waals surface area contributed by atoms with Crippen LogP contribution in [0.25, 0.3) is 0 Å². The quantitative estimate of drug-likeness (QED) is 0.159. The van der Waals surface area contributed by atoms with Crippen LogP contribution in [0.4, 0.5) is 4.79 Å². The van der Waals surface area contributed by atoms with Gasteiger partial charge in [-0.15, -0.1) is 0 Å². The average molecular weight is 439 g/mol. The number of rotatable bonds is 17. The van der Waals surface area contributed by atoms with Crippen LogP contribution >= 0.6 is 0 Å². The van der Waals surface area contributed by atoms with Gasteiger partial charge in [0.05, 0.1) is 26.4 Å². The number of carbonyl (C=O) groups excluding carboxylic acids is 5. The first-order chi connectivity index (χ1) is 14.9. The Hall–Kier alpha value is -2.73. The Kier molecular flexibility index (Phi) is 13.6. The highest BCUT2D eigenvalue weighted by Crippen LogP contribution is 2.07. The predicted octanol–water partition coefficient (Wildman–Crippen LogP) is -1.49. The van der Waals surface area contributed by atoms with Crippen LogP contribution in [-0.4, -0.2) is 94.9 Å². The molecule has 1 aliphatic heterocycles. The van der Waals surface area contributed by atoms with Crippen LogP contribution in [0.3, 0.4) is 0 Å². The molecule has 0 spiro atoms. The monoisotopic (exact) mass is 439 g/mol. The van der Waals surface area contributed by atoms with Gasteiger partial charge in [0.2, 0.25) is 5.91 Å². The lowest BCUT2D eigenvalue weighted by molar-refractivity contribution is -0.137. The molecule has 0 saturated heterocycles. The van der Waals surface area contributed by atoms with E-state index >= 15 is 0 Å². The van der Waals surface area contributed by atoms with E-state index < -0.39 is 6.09 Å².